The molecule has 2 rings (SSSR count). The van der Waals surface area contributed by atoms with Crippen molar-refractivity contribution in [3.8, 4) is 0 Å². The van der Waals surface area contributed by atoms with Crippen LogP contribution in [0, 0.1) is 5.41 Å². The molecule has 0 spiro atoms. The number of ether oxygens (including phenoxy) is 1. The first-order chi connectivity index (χ1) is 8.65. The fraction of sp³-hybridized carbons (Fsp3) is 1.00. The van der Waals surface area contributed by atoms with Crippen LogP contribution in [0.15, 0.2) is 0 Å². The Morgan fingerprint density at radius 2 is 2.22 bits per heavy atom. The van der Waals surface area contributed by atoms with Gasteiger partial charge in [-0.25, -0.2) is 0 Å². The first kappa shape index (κ1) is 14.3. The SMILES string of the molecule is CN(C)CC1CCCN1CC1(CO)CCCOC1. The summed E-state index contributed by atoms with van der Waals surface area (Å²) in [6, 6.07) is 0.658. The molecule has 0 aromatic rings. The van der Waals surface area contributed by atoms with Crippen LogP contribution >= 0.6 is 0 Å². The van der Waals surface area contributed by atoms with Crippen LogP contribution in [0.25, 0.3) is 0 Å². The van der Waals surface area contributed by atoms with Gasteiger partial charge < -0.3 is 14.7 Å². The van der Waals surface area contributed by atoms with Crippen LogP contribution in [0.1, 0.15) is 25.7 Å². The number of aliphatic hydroxyl groups is 1. The van der Waals surface area contributed by atoms with Gasteiger partial charge in [0, 0.05) is 31.2 Å². The minimum atomic E-state index is -0.00679. The smallest absolute Gasteiger partial charge is 0.0556 e. The molecule has 4 nitrogen and oxygen atoms in total. The zero-order valence-electron chi connectivity index (χ0n) is 11.9. The lowest BCUT2D eigenvalue weighted by Gasteiger charge is -2.40. The molecule has 2 aliphatic heterocycles. The van der Waals surface area contributed by atoms with Crippen molar-refractivity contribution in [1.29, 1.82) is 0 Å². The van der Waals surface area contributed by atoms with Gasteiger partial charge in [-0.3, -0.25) is 4.90 Å². The first-order valence-corrected chi connectivity index (χ1v) is 7.23. The van der Waals surface area contributed by atoms with Crippen LogP contribution in [0.5, 0.6) is 0 Å². The lowest BCUT2D eigenvalue weighted by atomic mass is 9.82. The van der Waals surface area contributed by atoms with Gasteiger partial charge in [0.05, 0.1) is 13.2 Å². The van der Waals surface area contributed by atoms with Gasteiger partial charge in [0.15, 0.2) is 0 Å². The third-order valence-corrected chi connectivity index (χ3v) is 4.35. The number of hydrogen-bond acceptors (Lipinski definition) is 4. The summed E-state index contributed by atoms with van der Waals surface area (Å²) >= 11 is 0. The molecule has 0 bridgehead atoms. The summed E-state index contributed by atoms with van der Waals surface area (Å²) in [7, 11) is 4.28. The van der Waals surface area contributed by atoms with Crippen molar-refractivity contribution >= 4 is 0 Å². The number of likely N-dealkylation sites (tertiary alicyclic amines) is 1. The first-order valence-electron chi connectivity index (χ1n) is 7.23. The van der Waals surface area contributed by atoms with Gasteiger partial charge in [0.25, 0.3) is 0 Å². The molecule has 1 N–H and O–H groups in total. The van der Waals surface area contributed by atoms with Crippen molar-refractivity contribution in [2.75, 3.05) is 53.6 Å². The molecule has 2 saturated heterocycles. The van der Waals surface area contributed by atoms with Crippen LogP contribution in [0.2, 0.25) is 0 Å². The Labute approximate surface area is 111 Å². The van der Waals surface area contributed by atoms with Gasteiger partial charge in [-0.05, 0) is 46.3 Å². The molecule has 106 valence electrons. The number of rotatable bonds is 5. The van der Waals surface area contributed by atoms with E-state index in [4.69, 9.17) is 4.74 Å². The summed E-state index contributed by atoms with van der Waals surface area (Å²) in [4.78, 5) is 4.84. The predicted molar refractivity (Wildman–Crippen MR) is 72.7 cm³/mol. The third kappa shape index (κ3) is 3.44. The van der Waals surface area contributed by atoms with E-state index in [1.54, 1.807) is 0 Å². The molecule has 0 aliphatic carbocycles. The summed E-state index contributed by atoms with van der Waals surface area (Å²) in [6.45, 7) is 5.17. The lowest BCUT2D eigenvalue weighted by molar-refractivity contribution is -0.0577. The molecule has 2 aliphatic rings. The highest BCUT2D eigenvalue weighted by Crippen LogP contribution is 2.32. The Bertz CT molecular complexity index is 252. The predicted octanol–water partition coefficient (Wildman–Crippen LogP) is 0.802. The van der Waals surface area contributed by atoms with E-state index in [2.05, 4.69) is 23.9 Å². The minimum Gasteiger partial charge on any atom is -0.396 e. The molecule has 2 unspecified atom stereocenters. The maximum atomic E-state index is 9.75. The lowest BCUT2D eigenvalue weighted by Crippen LogP contribution is -2.48. The van der Waals surface area contributed by atoms with Crippen molar-refractivity contribution < 1.29 is 9.84 Å². The van der Waals surface area contributed by atoms with Gasteiger partial charge in [-0.1, -0.05) is 0 Å². The number of aliphatic hydroxyl groups excluding tert-OH is 1. The fourth-order valence-corrected chi connectivity index (χ4v) is 3.37. The second-order valence-electron chi connectivity index (χ2n) is 6.34. The van der Waals surface area contributed by atoms with Crippen molar-refractivity contribution in [1.82, 2.24) is 9.80 Å². The average Bonchev–Trinajstić information content (AvgIpc) is 2.77. The number of likely N-dealkylation sites (N-methyl/N-ethyl adjacent to an activating group) is 1. The summed E-state index contributed by atoms with van der Waals surface area (Å²) in [5, 5.41) is 9.75. The Hall–Kier alpha value is -0.160. The standard InChI is InChI=1S/C14H28N2O2/c1-15(2)9-13-5-3-7-16(13)10-14(11-17)6-4-8-18-12-14/h13,17H,3-12H2,1-2H3. The van der Waals surface area contributed by atoms with Gasteiger partial charge in [0.1, 0.15) is 0 Å². The largest absolute Gasteiger partial charge is 0.396 e. The zero-order valence-corrected chi connectivity index (χ0v) is 11.9. The normalized spacial score (nSPS) is 34.3. The number of nitrogens with zero attached hydrogens (tertiary/aromatic N) is 2. The van der Waals surface area contributed by atoms with E-state index in [1.165, 1.54) is 19.4 Å². The van der Waals surface area contributed by atoms with E-state index < -0.39 is 0 Å². The average molecular weight is 256 g/mol. The van der Waals surface area contributed by atoms with Crippen molar-refractivity contribution in [3.63, 3.8) is 0 Å². The van der Waals surface area contributed by atoms with E-state index in [0.29, 0.717) is 6.04 Å². The highest BCUT2D eigenvalue weighted by atomic mass is 16.5. The van der Waals surface area contributed by atoms with E-state index in [-0.39, 0.29) is 12.0 Å². The van der Waals surface area contributed by atoms with Crippen LogP contribution in [-0.4, -0.2) is 74.5 Å². The molecular formula is C14H28N2O2. The second kappa shape index (κ2) is 6.33. The van der Waals surface area contributed by atoms with Crippen molar-refractivity contribution in [3.05, 3.63) is 0 Å². The molecule has 2 fully saturated rings. The zero-order chi connectivity index (χ0) is 13.0. The van der Waals surface area contributed by atoms with E-state index in [9.17, 15) is 5.11 Å². The summed E-state index contributed by atoms with van der Waals surface area (Å²) < 4.78 is 5.61. The fourth-order valence-electron chi connectivity index (χ4n) is 3.37. The van der Waals surface area contributed by atoms with Gasteiger partial charge >= 0.3 is 0 Å². The van der Waals surface area contributed by atoms with E-state index in [0.717, 1.165) is 39.1 Å². The van der Waals surface area contributed by atoms with Gasteiger partial charge in [-0.15, -0.1) is 0 Å². The topological polar surface area (TPSA) is 35.9 Å². The van der Waals surface area contributed by atoms with E-state index in [1.807, 2.05) is 0 Å². The number of hydrogen-bond donors (Lipinski definition) is 1. The van der Waals surface area contributed by atoms with Crippen molar-refractivity contribution in [2.45, 2.75) is 31.7 Å². The summed E-state index contributed by atoms with van der Waals surface area (Å²) in [6.07, 6.45) is 4.78. The Morgan fingerprint density at radius 3 is 2.83 bits per heavy atom. The monoisotopic (exact) mass is 256 g/mol. The molecule has 0 aromatic carbocycles. The summed E-state index contributed by atoms with van der Waals surface area (Å²) in [5.41, 5.74) is -0.00679. The highest BCUT2D eigenvalue weighted by molar-refractivity contribution is 4.90. The molecule has 4 heteroatoms. The van der Waals surface area contributed by atoms with Gasteiger partial charge in [0.2, 0.25) is 0 Å². The Balaban J connectivity index is 1.93. The highest BCUT2D eigenvalue weighted by Gasteiger charge is 2.37. The molecule has 0 aromatic heterocycles. The molecule has 0 radical (unpaired) electrons. The van der Waals surface area contributed by atoms with Gasteiger partial charge in [-0.2, -0.15) is 0 Å². The van der Waals surface area contributed by atoms with Crippen LogP contribution in [0.3, 0.4) is 0 Å². The maximum absolute atomic E-state index is 9.75. The molecular weight excluding hydrogens is 228 g/mol. The Kier molecular flexibility index (Phi) is 5.01. The quantitative estimate of drug-likeness (QED) is 0.789. The van der Waals surface area contributed by atoms with Crippen LogP contribution < -0.4 is 0 Å². The maximum Gasteiger partial charge on any atom is 0.0556 e. The van der Waals surface area contributed by atoms with Crippen molar-refractivity contribution in [2.24, 2.45) is 5.41 Å². The molecule has 0 saturated carbocycles. The summed E-state index contributed by atoms with van der Waals surface area (Å²) in [5.74, 6) is 0. The molecule has 2 atom stereocenters. The van der Waals surface area contributed by atoms with E-state index >= 15 is 0 Å². The van der Waals surface area contributed by atoms with Crippen LogP contribution in [0.4, 0.5) is 0 Å². The van der Waals surface area contributed by atoms with Crippen LogP contribution in [-0.2, 0) is 4.74 Å². The minimum absolute atomic E-state index is 0.00679. The Morgan fingerprint density at radius 1 is 1.39 bits per heavy atom. The second-order valence-corrected chi connectivity index (χ2v) is 6.34. The third-order valence-electron chi connectivity index (χ3n) is 4.35. The molecule has 18 heavy (non-hydrogen) atoms. The molecule has 0 amide bonds. The molecule has 2 heterocycles.